The van der Waals surface area contributed by atoms with Crippen molar-refractivity contribution >= 4 is 21.6 Å². The molecule has 15 heavy (non-hydrogen) atoms. The van der Waals surface area contributed by atoms with Gasteiger partial charge in [-0.3, -0.25) is 0 Å². The second-order valence-electron chi connectivity index (χ2n) is 3.62. The molecule has 80 valence electrons. The molecule has 0 saturated carbocycles. The third kappa shape index (κ3) is 3.24. The molecule has 2 nitrogen and oxygen atoms in total. The zero-order valence-corrected chi connectivity index (χ0v) is 10.7. The molecule has 0 spiro atoms. The zero-order chi connectivity index (χ0) is 11.3. The van der Waals surface area contributed by atoms with E-state index in [1.807, 2.05) is 7.05 Å². The molecule has 0 heterocycles. The van der Waals surface area contributed by atoms with Crippen LogP contribution in [0.15, 0.2) is 24.3 Å². The highest BCUT2D eigenvalue weighted by Crippen LogP contribution is 2.18. The molecule has 1 rings (SSSR count). The average molecular weight is 267 g/mol. The van der Waals surface area contributed by atoms with E-state index in [9.17, 15) is 0 Å². The monoisotopic (exact) mass is 266 g/mol. The van der Waals surface area contributed by atoms with Gasteiger partial charge in [0.05, 0.1) is 12.5 Å². The van der Waals surface area contributed by atoms with E-state index in [1.165, 1.54) is 5.56 Å². The summed E-state index contributed by atoms with van der Waals surface area (Å²) in [5.74, 6) is 0. The standard InChI is InChI=1S/C12H15BrN2/c1-10(7-8-14)15(2)12-5-3-11(9-13)4-6-12/h3-6,10H,7,9H2,1-2H3. The van der Waals surface area contributed by atoms with Crippen molar-refractivity contribution in [1.29, 1.82) is 5.26 Å². The molecule has 1 aromatic carbocycles. The van der Waals surface area contributed by atoms with Gasteiger partial charge in [-0.1, -0.05) is 28.1 Å². The summed E-state index contributed by atoms with van der Waals surface area (Å²) in [6.07, 6.45) is 0.552. The van der Waals surface area contributed by atoms with Crippen LogP contribution < -0.4 is 4.90 Å². The van der Waals surface area contributed by atoms with Crippen molar-refractivity contribution in [1.82, 2.24) is 0 Å². The van der Waals surface area contributed by atoms with Crippen molar-refractivity contribution in [3.63, 3.8) is 0 Å². The fourth-order valence-electron chi connectivity index (χ4n) is 1.34. The highest BCUT2D eigenvalue weighted by Gasteiger charge is 2.08. The number of alkyl halides is 1. The molecule has 0 aliphatic rings. The number of nitrogens with zero attached hydrogens (tertiary/aromatic N) is 2. The lowest BCUT2D eigenvalue weighted by Gasteiger charge is -2.25. The van der Waals surface area contributed by atoms with Crippen molar-refractivity contribution in [2.75, 3.05) is 11.9 Å². The lowest BCUT2D eigenvalue weighted by Crippen LogP contribution is -2.28. The van der Waals surface area contributed by atoms with E-state index in [0.29, 0.717) is 6.42 Å². The van der Waals surface area contributed by atoms with Crippen LogP contribution in [0.2, 0.25) is 0 Å². The summed E-state index contributed by atoms with van der Waals surface area (Å²) in [4.78, 5) is 2.13. The molecular weight excluding hydrogens is 252 g/mol. The van der Waals surface area contributed by atoms with Crippen molar-refractivity contribution in [3.8, 4) is 6.07 Å². The second-order valence-corrected chi connectivity index (χ2v) is 4.18. The van der Waals surface area contributed by atoms with E-state index < -0.39 is 0 Å². The molecule has 0 aliphatic heterocycles. The summed E-state index contributed by atoms with van der Waals surface area (Å²) in [5, 5.41) is 9.51. The molecule has 0 bridgehead atoms. The molecule has 0 radical (unpaired) electrons. The van der Waals surface area contributed by atoms with Crippen LogP contribution in [0.3, 0.4) is 0 Å². The summed E-state index contributed by atoms with van der Waals surface area (Å²) >= 11 is 3.42. The van der Waals surface area contributed by atoms with Crippen LogP contribution >= 0.6 is 15.9 Å². The van der Waals surface area contributed by atoms with E-state index in [1.54, 1.807) is 0 Å². The predicted molar refractivity (Wildman–Crippen MR) is 67.2 cm³/mol. The maximum Gasteiger partial charge on any atom is 0.0643 e. The average Bonchev–Trinajstić information content (AvgIpc) is 2.28. The normalized spacial score (nSPS) is 11.9. The minimum atomic E-state index is 0.254. The van der Waals surface area contributed by atoms with Gasteiger partial charge in [0.1, 0.15) is 0 Å². The molecular formula is C12H15BrN2. The van der Waals surface area contributed by atoms with Gasteiger partial charge in [0, 0.05) is 24.1 Å². The Hall–Kier alpha value is -1.01. The summed E-state index contributed by atoms with van der Waals surface area (Å²) < 4.78 is 0. The fourth-order valence-corrected chi connectivity index (χ4v) is 1.72. The highest BCUT2D eigenvalue weighted by molar-refractivity contribution is 9.08. The first-order valence-electron chi connectivity index (χ1n) is 4.93. The lowest BCUT2D eigenvalue weighted by atomic mass is 10.1. The molecule has 0 N–H and O–H groups in total. The maximum atomic E-state index is 8.63. The molecule has 0 saturated heterocycles. The summed E-state index contributed by atoms with van der Waals surface area (Å²) in [7, 11) is 2.02. The molecule has 0 aromatic heterocycles. The Morgan fingerprint density at radius 3 is 2.47 bits per heavy atom. The van der Waals surface area contributed by atoms with Gasteiger partial charge >= 0.3 is 0 Å². The van der Waals surface area contributed by atoms with Gasteiger partial charge in [-0.25, -0.2) is 0 Å². The Kier molecular flexibility index (Phi) is 4.64. The first-order valence-corrected chi connectivity index (χ1v) is 6.06. The Balaban J connectivity index is 2.74. The second kappa shape index (κ2) is 5.77. The zero-order valence-electron chi connectivity index (χ0n) is 9.07. The topological polar surface area (TPSA) is 27.0 Å². The minimum absolute atomic E-state index is 0.254. The van der Waals surface area contributed by atoms with Gasteiger partial charge in [-0.2, -0.15) is 5.26 Å². The van der Waals surface area contributed by atoms with E-state index >= 15 is 0 Å². The first-order chi connectivity index (χ1) is 7.19. The number of nitriles is 1. The number of hydrogen-bond donors (Lipinski definition) is 0. The maximum absolute atomic E-state index is 8.63. The largest absolute Gasteiger partial charge is 0.371 e. The van der Waals surface area contributed by atoms with Crippen LogP contribution in [0, 0.1) is 11.3 Å². The summed E-state index contributed by atoms with van der Waals surface area (Å²) in [6.45, 7) is 2.06. The molecule has 1 atom stereocenters. The fraction of sp³-hybridized carbons (Fsp3) is 0.417. The van der Waals surface area contributed by atoms with Crippen LogP contribution in [0.25, 0.3) is 0 Å². The van der Waals surface area contributed by atoms with Gasteiger partial charge < -0.3 is 4.90 Å². The predicted octanol–water partition coefficient (Wildman–Crippen LogP) is 3.32. The Labute approximate surface area is 99.6 Å². The molecule has 3 heteroatoms. The van der Waals surface area contributed by atoms with Crippen molar-refractivity contribution in [3.05, 3.63) is 29.8 Å². The van der Waals surface area contributed by atoms with E-state index in [2.05, 4.69) is 58.1 Å². The van der Waals surface area contributed by atoms with Crippen LogP contribution in [0.4, 0.5) is 5.69 Å². The van der Waals surface area contributed by atoms with Crippen LogP contribution in [0.5, 0.6) is 0 Å². The van der Waals surface area contributed by atoms with Crippen LogP contribution in [-0.2, 0) is 5.33 Å². The first kappa shape index (κ1) is 12.1. The Bertz CT molecular complexity index is 340. The number of anilines is 1. The third-order valence-corrected chi connectivity index (χ3v) is 3.19. The summed E-state index contributed by atoms with van der Waals surface area (Å²) in [5.41, 5.74) is 2.42. The Morgan fingerprint density at radius 2 is 2.00 bits per heavy atom. The quantitative estimate of drug-likeness (QED) is 0.782. The van der Waals surface area contributed by atoms with Crippen molar-refractivity contribution in [2.24, 2.45) is 0 Å². The van der Waals surface area contributed by atoms with Crippen molar-refractivity contribution < 1.29 is 0 Å². The smallest absolute Gasteiger partial charge is 0.0643 e. The third-order valence-electron chi connectivity index (χ3n) is 2.55. The Morgan fingerprint density at radius 1 is 1.40 bits per heavy atom. The number of rotatable bonds is 4. The van der Waals surface area contributed by atoms with Gasteiger partial charge in [-0.15, -0.1) is 0 Å². The molecule has 0 amide bonds. The molecule has 0 aliphatic carbocycles. The SMILES string of the molecule is CC(CC#N)N(C)c1ccc(CBr)cc1. The van der Waals surface area contributed by atoms with E-state index in [0.717, 1.165) is 11.0 Å². The number of hydrogen-bond acceptors (Lipinski definition) is 2. The van der Waals surface area contributed by atoms with Gasteiger partial charge in [-0.05, 0) is 24.6 Å². The minimum Gasteiger partial charge on any atom is -0.371 e. The number of halogens is 1. The molecule has 1 unspecified atom stereocenters. The van der Waals surface area contributed by atoms with E-state index in [-0.39, 0.29) is 6.04 Å². The number of benzene rings is 1. The van der Waals surface area contributed by atoms with Gasteiger partial charge in [0.15, 0.2) is 0 Å². The molecule has 1 aromatic rings. The van der Waals surface area contributed by atoms with E-state index in [4.69, 9.17) is 5.26 Å². The van der Waals surface area contributed by atoms with Gasteiger partial charge in [0.25, 0.3) is 0 Å². The summed E-state index contributed by atoms with van der Waals surface area (Å²) in [6, 6.07) is 10.8. The molecule has 0 fully saturated rings. The van der Waals surface area contributed by atoms with Gasteiger partial charge in [0.2, 0.25) is 0 Å². The van der Waals surface area contributed by atoms with Crippen LogP contribution in [0.1, 0.15) is 18.9 Å². The van der Waals surface area contributed by atoms with Crippen LogP contribution in [-0.4, -0.2) is 13.1 Å². The van der Waals surface area contributed by atoms with Crippen molar-refractivity contribution in [2.45, 2.75) is 24.7 Å². The lowest BCUT2D eigenvalue weighted by molar-refractivity contribution is 0.702. The highest BCUT2D eigenvalue weighted by atomic mass is 79.9.